The van der Waals surface area contributed by atoms with Crippen LogP contribution < -0.4 is 4.72 Å². The number of Topliss-reactive ketones (excluding diaryl/α,β-unsaturated/α-hetero) is 1. The van der Waals surface area contributed by atoms with Crippen LogP contribution >= 0.6 is 0 Å². The summed E-state index contributed by atoms with van der Waals surface area (Å²) in [4.78, 5) is 14.5. The Morgan fingerprint density at radius 3 is 2.43 bits per heavy atom. The molecule has 2 N–H and O–H groups in total. The van der Waals surface area contributed by atoms with E-state index in [0.717, 1.165) is 16.6 Å². The van der Waals surface area contributed by atoms with Crippen LogP contribution in [0.25, 0.3) is 10.9 Å². The molecule has 0 bridgehead atoms. The Morgan fingerprint density at radius 1 is 1.09 bits per heavy atom. The van der Waals surface area contributed by atoms with Crippen molar-refractivity contribution >= 4 is 26.7 Å². The molecule has 0 radical (unpaired) electrons. The highest BCUT2D eigenvalue weighted by molar-refractivity contribution is 7.89. The average Bonchev–Trinajstić information content (AvgIpc) is 2.96. The van der Waals surface area contributed by atoms with Gasteiger partial charge in [-0.05, 0) is 36.6 Å². The summed E-state index contributed by atoms with van der Waals surface area (Å²) < 4.78 is 27.1. The largest absolute Gasteiger partial charge is 0.357 e. The number of ketones is 1. The number of hydrogen-bond donors (Lipinski definition) is 2. The molecule has 0 fully saturated rings. The van der Waals surface area contributed by atoms with Gasteiger partial charge in [0.2, 0.25) is 10.0 Å². The molecule has 2 aromatic carbocycles. The Balaban J connectivity index is 1.76. The van der Waals surface area contributed by atoms with E-state index in [1.54, 1.807) is 0 Å². The number of aromatic nitrogens is 1. The Hall–Kier alpha value is -2.44. The fourth-order valence-corrected chi connectivity index (χ4v) is 3.36. The number of rotatable bonds is 5. The monoisotopic (exact) mass is 328 g/mol. The smallest absolute Gasteiger partial charge is 0.240 e. The number of benzene rings is 2. The van der Waals surface area contributed by atoms with E-state index in [1.165, 1.54) is 31.2 Å². The summed E-state index contributed by atoms with van der Waals surface area (Å²) in [6.07, 6.45) is 0. The topological polar surface area (TPSA) is 79.0 Å². The van der Waals surface area contributed by atoms with Crippen molar-refractivity contribution in [1.82, 2.24) is 9.71 Å². The maximum atomic E-state index is 12.3. The number of carbonyl (C=O) groups is 1. The third-order valence-electron chi connectivity index (χ3n) is 3.61. The van der Waals surface area contributed by atoms with Crippen LogP contribution in [0.4, 0.5) is 0 Å². The van der Waals surface area contributed by atoms with E-state index in [4.69, 9.17) is 0 Å². The third kappa shape index (κ3) is 3.33. The van der Waals surface area contributed by atoms with Crippen molar-refractivity contribution in [3.8, 4) is 0 Å². The Labute approximate surface area is 134 Å². The molecule has 0 atom stereocenters. The fraction of sp³-hybridized carbons (Fsp3) is 0.118. The quantitative estimate of drug-likeness (QED) is 0.707. The predicted octanol–water partition coefficient (Wildman–Crippen LogP) is 2.85. The second kappa shape index (κ2) is 5.98. The summed E-state index contributed by atoms with van der Waals surface area (Å²) in [5.41, 5.74) is 2.24. The molecule has 0 spiro atoms. The van der Waals surface area contributed by atoms with E-state index < -0.39 is 10.0 Å². The van der Waals surface area contributed by atoms with Crippen molar-refractivity contribution in [2.45, 2.75) is 18.4 Å². The van der Waals surface area contributed by atoms with Gasteiger partial charge in [-0.1, -0.05) is 30.3 Å². The zero-order valence-electron chi connectivity index (χ0n) is 12.5. The van der Waals surface area contributed by atoms with Crippen LogP contribution in [0.15, 0.2) is 59.5 Å². The van der Waals surface area contributed by atoms with Crippen molar-refractivity contribution in [3.05, 3.63) is 65.9 Å². The average molecular weight is 328 g/mol. The van der Waals surface area contributed by atoms with Crippen molar-refractivity contribution in [3.63, 3.8) is 0 Å². The highest BCUT2D eigenvalue weighted by Gasteiger charge is 2.14. The molecule has 0 saturated carbocycles. The lowest BCUT2D eigenvalue weighted by Gasteiger charge is -2.06. The molecule has 5 nitrogen and oxygen atoms in total. The lowest BCUT2D eigenvalue weighted by Crippen LogP contribution is -2.23. The molecular formula is C17H16N2O3S. The van der Waals surface area contributed by atoms with Gasteiger partial charge in [-0.25, -0.2) is 13.1 Å². The minimum absolute atomic E-state index is 0.0972. The second-order valence-electron chi connectivity index (χ2n) is 5.29. The first-order valence-corrected chi connectivity index (χ1v) is 8.61. The van der Waals surface area contributed by atoms with Crippen LogP contribution in [0.5, 0.6) is 0 Å². The van der Waals surface area contributed by atoms with Crippen LogP contribution in [0.2, 0.25) is 0 Å². The maximum absolute atomic E-state index is 12.3. The molecular weight excluding hydrogens is 312 g/mol. The highest BCUT2D eigenvalue weighted by atomic mass is 32.2. The third-order valence-corrected chi connectivity index (χ3v) is 5.03. The molecule has 1 aromatic heterocycles. The normalized spacial score (nSPS) is 11.7. The molecule has 1 heterocycles. The van der Waals surface area contributed by atoms with Gasteiger partial charge in [-0.15, -0.1) is 0 Å². The number of aromatic amines is 1. The Morgan fingerprint density at radius 2 is 1.78 bits per heavy atom. The van der Waals surface area contributed by atoms with E-state index >= 15 is 0 Å². The zero-order chi connectivity index (χ0) is 16.4. The molecule has 0 unspecified atom stereocenters. The van der Waals surface area contributed by atoms with Crippen LogP contribution in [0.3, 0.4) is 0 Å². The number of H-pyrrole nitrogens is 1. The van der Waals surface area contributed by atoms with Gasteiger partial charge < -0.3 is 4.98 Å². The van der Waals surface area contributed by atoms with Crippen LogP contribution in [-0.2, 0) is 16.6 Å². The van der Waals surface area contributed by atoms with Gasteiger partial charge in [0.15, 0.2) is 5.78 Å². The van der Waals surface area contributed by atoms with Gasteiger partial charge in [-0.3, -0.25) is 4.79 Å². The molecule has 0 aliphatic heterocycles. The standard InChI is InChI=1S/C17H16N2O3S/c1-12(20)13-6-8-16(9-7-13)23(21,22)18-11-15-10-14-4-2-3-5-17(14)19-15/h2-10,18-19H,11H2,1H3. The molecule has 0 aliphatic carbocycles. The molecule has 0 amide bonds. The number of fused-ring (bicyclic) bond motifs is 1. The molecule has 0 aliphatic rings. The molecule has 3 rings (SSSR count). The Bertz CT molecular complexity index is 924. The summed E-state index contributed by atoms with van der Waals surface area (Å²) in [6, 6.07) is 15.6. The van der Waals surface area contributed by atoms with E-state index in [2.05, 4.69) is 9.71 Å². The number of sulfonamides is 1. The van der Waals surface area contributed by atoms with E-state index in [0.29, 0.717) is 5.56 Å². The van der Waals surface area contributed by atoms with Gasteiger partial charge in [0.05, 0.1) is 11.4 Å². The Kier molecular flexibility index (Phi) is 4.02. The van der Waals surface area contributed by atoms with Crippen LogP contribution in [0, 0.1) is 0 Å². The van der Waals surface area contributed by atoms with Crippen molar-refractivity contribution in [2.24, 2.45) is 0 Å². The van der Waals surface area contributed by atoms with Crippen LogP contribution in [0.1, 0.15) is 23.0 Å². The van der Waals surface area contributed by atoms with Crippen LogP contribution in [-0.4, -0.2) is 19.2 Å². The first-order chi connectivity index (χ1) is 11.0. The van der Waals surface area contributed by atoms with Gasteiger partial charge in [0.1, 0.15) is 0 Å². The summed E-state index contributed by atoms with van der Waals surface area (Å²) in [5, 5.41) is 1.03. The fourth-order valence-electron chi connectivity index (χ4n) is 2.35. The lowest BCUT2D eigenvalue weighted by atomic mass is 10.2. The first-order valence-electron chi connectivity index (χ1n) is 7.13. The SMILES string of the molecule is CC(=O)c1ccc(S(=O)(=O)NCc2cc3ccccc3[nH]2)cc1. The number of nitrogens with one attached hydrogen (secondary N) is 2. The molecule has 118 valence electrons. The summed E-state index contributed by atoms with van der Waals surface area (Å²) in [5.74, 6) is -0.0972. The molecule has 3 aromatic rings. The first kappa shape index (κ1) is 15.5. The molecule has 23 heavy (non-hydrogen) atoms. The predicted molar refractivity (Wildman–Crippen MR) is 88.8 cm³/mol. The zero-order valence-corrected chi connectivity index (χ0v) is 13.4. The second-order valence-corrected chi connectivity index (χ2v) is 7.05. The highest BCUT2D eigenvalue weighted by Crippen LogP contribution is 2.16. The van der Waals surface area contributed by atoms with E-state index in [9.17, 15) is 13.2 Å². The van der Waals surface area contributed by atoms with Crippen molar-refractivity contribution < 1.29 is 13.2 Å². The van der Waals surface area contributed by atoms with E-state index in [1.807, 2.05) is 30.3 Å². The van der Waals surface area contributed by atoms with Crippen molar-refractivity contribution in [2.75, 3.05) is 0 Å². The minimum Gasteiger partial charge on any atom is -0.357 e. The van der Waals surface area contributed by atoms with E-state index in [-0.39, 0.29) is 17.2 Å². The van der Waals surface area contributed by atoms with Gasteiger partial charge in [0.25, 0.3) is 0 Å². The lowest BCUT2D eigenvalue weighted by molar-refractivity contribution is 0.101. The maximum Gasteiger partial charge on any atom is 0.240 e. The number of hydrogen-bond acceptors (Lipinski definition) is 3. The van der Waals surface area contributed by atoms with Gasteiger partial charge >= 0.3 is 0 Å². The summed E-state index contributed by atoms with van der Waals surface area (Å²) in [6.45, 7) is 1.61. The van der Waals surface area contributed by atoms with Gasteiger partial charge in [0, 0.05) is 16.8 Å². The molecule has 0 saturated heterocycles. The number of para-hydroxylation sites is 1. The summed E-state index contributed by atoms with van der Waals surface area (Å²) in [7, 11) is -3.62. The minimum atomic E-state index is -3.62. The summed E-state index contributed by atoms with van der Waals surface area (Å²) >= 11 is 0. The van der Waals surface area contributed by atoms with Gasteiger partial charge in [-0.2, -0.15) is 0 Å². The van der Waals surface area contributed by atoms with Crippen molar-refractivity contribution in [1.29, 1.82) is 0 Å². The number of carbonyl (C=O) groups excluding carboxylic acids is 1. The molecule has 6 heteroatoms.